The molecule has 0 amide bonds. The Morgan fingerprint density at radius 3 is 2.83 bits per heavy atom. The standard InChI is InChI=1S/C3H5IN2/c4-3-1-2-5-6-3/h5H,1-2H2. The minimum atomic E-state index is 1.03. The van der Waals surface area contributed by atoms with E-state index in [9.17, 15) is 0 Å². The van der Waals surface area contributed by atoms with Gasteiger partial charge in [0.15, 0.2) is 0 Å². The molecule has 0 aromatic rings. The quantitative estimate of drug-likeness (QED) is 0.567. The van der Waals surface area contributed by atoms with Crippen molar-refractivity contribution in [3.8, 4) is 0 Å². The molecule has 0 bridgehead atoms. The average molecular weight is 196 g/mol. The summed E-state index contributed by atoms with van der Waals surface area (Å²) in [6.45, 7) is 1.03. The Morgan fingerprint density at radius 2 is 2.67 bits per heavy atom. The van der Waals surface area contributed by atoms with Gasteiger partial charge >= 0.3 is 0 Å². The van der Waals surface area contributed by atoms with Crippen molar-refractivity contribution in [3.63, 3.8) is 0 Å². The molecule has 0 radical (unpaired) electrons. The van der Waals surface area contributed by atoms with E-state index in [1.165, 1.54) is 3.72 Å². The molecule has 34 valence electrons. The molecule has 0 aromatic carbocycles. The second-order valence-corrected chi connectivity index (χ2v) is 2.39. The number of rotatable bonds is 0. The van der Waals surface area contributed by atoms with Crippen LogP contribution in [0.5, 0.6) is 0 Å². The maximum Gasteiger partial charge on any atom is 0.1000 e. The molecule has 0 saturated carbocycles. The van der Waals surface area contributed by atoms with Gasteiger partial charge in [-0.3, -0.25) is 0 Å². The molecule has 0 saturated heterocycles. The Morgan fingerprint density at radius 1 is 1.83 bits per heavy atom. The third-order valence-corrected chi connectivity index (χ3v) is 1.42. The summed E-state index contributed by atoms with van der Waals surface area (Å²) in [5.41, 5.74) is 2.85. The summed E-state index contributed by atoms with van der Waals surface area (Å²) in [7, 11) is 0. The fourth-order valence-corrected chi connectivity index (χ4v) is 0.797. The predicted molar refractivity (Wildman–Crippen MR) is 34.1 cm³/mol. The molecule has 2 nitrogen and oxygen atoms in total. The van der Waals surface area contributed by atoms with Gasteiger partial charge in [0, 0.05) is 13.0 Å². The van der Waals surface area contributed by atoms with E-state index < -0.39 is 0 Å². The predicted octanol–water partition coefficient (Wildman–Crippen LogP) is 0.728. The smallest absolute Gasteiger partial charge is 0.1000 e. The second kappa shape index (κ2) is 1.77. The van der Waals surface area contributed by atoms with Crippen molar-refractivity contribution in [2.45, 2.75) is 6.42 Å². The Bertz CT molecular complexity index is 78.9. The van der Waals surface area contributed by atoms with E-state index in [2.05, 4.69) is 33.1 Å². The van der Waals surface area contributed by atoms with Crippen LogP contribution in [-0.4, -0.2) is 10.3 Å². The first kappa shape index (κ1) is 4.36. The molecule has 0 atom stereocenters. The number of hydrogen-bond donors (Lipinski definition) is 1. The minimum absolute atomic E-state index is 1.03. The van der Waals surface area contributed by atoms with E-state index in [-0.39, 0.29) is 0 Å². The maximum absolute atomic E-state index is 3.89. The lowest BCUT2D eigenvalue weighted by atomic mass is 10.5. The summed E-state index contributed by atoms with van der Waals surface area (Å²) in [5.74, 6) is 0. The molecule has 0 spiro atoms. The number of hydrogen-bond acceptors (Lipinski definition) is 2. The first-order valence-electron chi connectivity index (χ1n) is 1.84. The second-order valence-electron chi connectivity index (χ2n) is 1.15. The molecule has 1 aliphatic heterocycles. The highest BCUT2D eigenvalue weighted by Gasteiger charge is 1.97. The van der Waals surface area contributed by atoms with Crippen LogP contribution in [0.2, 0.25) is 0 Å². The molecule has 6 heavy (non-hydrogen) atoms. The Hall–Kier alpha value is 0.200. The molecule has 0 aliphatic carbocycles. The summed E-state index contributed by atoms with van der Waals surface area (Å²) < 4.78 is 1.19. The van der Waals surface area contributed by atoms with Crippen LogP contribution in [0.4, 0.5) is 0 Å². The summed E-state index contributed by atoms with van der Waals surface area (Å²) in [4.78, 5) is 0. The first-order valence-corrected chi connectivity index (χ1v) is 2.92. The monoisotopic (exact) mass is 196 g/mol. The highest BCUT2D eigenvalue weighted by molar-refractivity contribution is 14.1. The molecule has 1 N–H and O–H groups in total. The van der Waals surface area contributed by atoms with Crippen molar-refractivity contribution in [1.82, 2.24) is 5.43 Å². The normalized spacial score (nSPS) is 19.8. The highest BCUT2D eigenvalue weighted by atomic mass is 127. The number of nitrogens with zero attached hydrogens (tertiary/aromatic N) is 1. The fourth-order valence-electron chi connectivity index (χ4n) is 0.357. The SMILES string of the molecule is IC1=NNCC1. The molecule has 0 unspecified atom stereocenters. The van der Waals surface area contributed by atoms with Gasteiger partial charge < -0.3 is 5.43 Å². The van der Waals surface area contributed by atoms with Gasteiger partial charge in [-0.1, -0.05) is 0 Å². The van der Waals surface area contributed by atoms with Gasteiger partial charge in [0.1, 0.15) is 0 Å². The van der Waals surface area contributed by atoms with Crippen LogP contribution in [0.3, 0.4) is 0 Å². The van der Waals surface area contributed by atoms with Crippen molar-refractivity contribution in [2.24, 2.45) is 5.10 Å². The van der Waals surface area contributed by atoms with E-state index >= 15 is 0 Å². The van der Waals surface area contributed by atoms with Crippen molar-refractivity contribution >= 4 is 26.3 Å². The maximum atomic E-state index is 3.89. The van der Waals surface area contributed by atoms with Gasteiger partial charge in [-0.05, 0) is 22.6 Å². The van der Waals surface area contributed by atoms with Crippen LogP contribution in [-0.2, 0) is 0 Å². The largest absolute Gasteiger partial charge is 0.309 e. The lowest BCUT2D eigenvalue weighted by Gasteiger charge is -1.76. The summed E-state index contributed by atoms with van der Waals surface area (Å²) in [5, 5.41) is 3.89. The van der Waals surface area contributed by atoms with Gasteiger partial charge in [0.2, 0.25) is 0 Å². The third kappa shape index (κ3) is 0.830. The summed E-state index contributed by atoms with van der Waals surface area (Å²) in [6.07, 6.45) is 1.11. The zero-order valence-electron chi connectivity index (χ0n) is 3.24. The van der Waals surface area contributed by atoms with E-state index in [4.69, 9.17) is 0 Å². The van der Waals surface area contributed by atoms with Crippen LogP contribution in [0.25, 0.3) is 0 Å². The lowest BCUT2D eigenvalue weighted by Crippen LogP contribution is -1.96. The lowest BCUT2D eigenvalue weighted by molar-refractivity contribution is 0.813. The van der Waals surface area contributed by atoms with Gasteiger partial charge in [-0.15, -0.1) is 0 Å². The van der Waals surface area contributed by atoms with Crippen LogP contribution in [0, 0.1) is 0 Å². The fraction of sp³-hybridized carbons (Fsp3) is 0.667. The van der Waals surface area contributed by atoms with Crippen molar-refractivity contribution in [2.75, 3.05) is 6.54 Å². The molecule has 1 rings (SSSR count). The average Bonchev–Trinajstić information content (AvgIpc) is 1.86. The van der Waals surface area contributed by atoms with Crippen LogP contribution in [0.15, 0.2) is 5.10 Å². The topological polar surface area (TPSA) is 24.4 Å². The first-order chi connectivity index (χ1) is 2.89. The summed E-state index contributed by atoms with van der Waals surface area (Å²) >= 11 is 2.22. The van der Waals surface area contributed by atoms with Gasteiger partial charge in [-0.2, -0.15) is 5.10 Å². The van der Waals surface area contributed by atoms with Crippen molar-refractivity contribution in [1.29, 1.82) is 0 Å². The zero-order valence-corrected chi connectivity index (χ0v) is 5.40. The van der Waals surface area contributed by atoms with E-state index in [0.29, 0.717) is 0 Å². The Balaban J connectivity index is 2.45. The molecule has 1 heterocycles. The molecule has 1 aliphatic rings. The molecular weight excluding hydrogens is 191 g/mol. The number of nitrogens with one attached hydrogen (secondary N) is 1. The Labute approximate surface area is 50.1 Å². The van der Waals surface area contributed by atoms with Crippen LogP contribution >= 0.6 is 22.6 Å². The van der Waals surface area contributed by atoms with Crippen LogP contribution < -0.4 is 5.43 Å². The minimum Gasteiger partial charge on any atom is -0.309 e. The van der Waals surface area contributed by atoms with E-state index in [1.54, 1.807) is 0 Å². The Kier molecular flexibility index (Phi) is 1.29. The number of hydrazone groups is 1. The highest BCUT2D eigenvalue weighted by Crippen LogP contribution is 1.98. The van der Waals surface area contributed by atoms with Crippen LogP contribution in [0.1, 0.15) is 6.42 Å². The molecular formula is C3H5IN2. The van der Waals surface area contributed by atoms with E-state index in [0.717, 1.165) is 13.0 Å². The van der Waals surface area contributed by atoms with Crippen molar-refractivity contribution < 1.29 is 0 Å². The molecule has 0 aromatic heterocycles. The van der Waals surface area contributed by atoms with Crippen molar-refractivity contribution in [3.05, 3.63) is 0 Å². The third-order valence-electron chi connectivity index (χ3n) is 0.643. The van der Waals surface area contributed by atoms with Gasteiger partial charge in [0.25, 0.3) is 0 Å². The van der Waals surface area contributed by atoms with Gasteiger partial charge in [-0.25, -0.2) is 0 Å². The summed E-state index contributed by atoms with van der Waals surface area (Å²) in [6, 6.07) is 0. The van der Waals surface area contributed by atoms with E-state index in [1.807, 2.05) is 0 Å². The molecule has 0 fully saturated rings. The number of halogens is 1. The van der Waals surface area contributed by atoms with Gasteiger partial charge in [0.05, 0.1) is 3.72 Å². The zero-order chi connectivity index (χ0) is 4.41. The molecule has 3 heteroatoms.